The lowest BCUT2D eigenvalue weighted by Crippen LogP contribution is -2.49. The second-order valence-corrected chi connectivity index (χ2v) is 5.36. The molecule has 1 aliphatic heterocycles. The van der Waals surface area contributed by atoms with Crippen molar-refractivity contribution in [3.8, 4) is 0 Å². The standard InChI is InChI=1S/C13H25NO/c1-11-7-3-2-6-10-14(11)12-8-4-5-9-13(12)15/h11-13,15H,2-10H2,1H3. The Labute approximate surface area is 93.7 Å². The van der Waals surface area contributed by atoms with Crippen molar-refractivity contribution in [3.05, 3.63) is 0 Å². The highest BCUT2D eigenvalue weighted by molar-refractivity contribution is 4.86. The van der Waals surface area contributed by atoms with Crippen LogP contribution in [0.15, 0.2) is 0 Å². The predicted octanol–water partition coefficient (Wildman–Crippen LogP) is 2.55. The third-order valence-corrected chi connectivity index (χ3v) is 4.22. The van der Waals surface area contributed by atoms with E-state index in [4.69, 9.17) is 0 Å². The Balaban J connectivity index is 1.98. The van der Waals surface area contributed by atoms with Crippen LogP contribution in [-0.4, -0.2) is 34.7 Å². The number of rotatable bonds is 1. The Hall–Kier alpha value is -0.0800. The van der Waals surface area contributed by atoms with Gasteiger partial charge in [-0.25, -0.2) is 0 Å². The molecule has 3 atom stereocenters. The lowest BCUT2D eigenvalue weighted by molar-refractivity contribution is 0.00304. The second-order valence-electron chi connectivity index (χ2n) is 5.36. The fourth-order valence-electron chi connectivity index (χ4n) is 3.27. The minimum atomic E-state index is -0.0562. The van der Waals surface area contributed by atoms with Crippen LogP contribution >= 0.6 is 0 Å². The van der Waals surface area contributed by atoms with E-state index < -0.39 is 0 Å². The molecule has 15 heavy (non-hydrogen) atoms. The van der Waals surface area contributed by atoms with Crippen LogP contribution in [0.5, 0.6) is 0 Å². The molecule has 1 heterocycles. The van der Waals surface area contributed by atoms with Crippen LogP contribution < -0.4 is 0 Å². The van der Waals surface area contributed by atoms with Gasteiger partial charge in [0.05, 0.1) is 6.10 Å². The SMILES string of the molecule is CC1CCCCCN1C1CCCCC1O. The zero-order chi connectivity index (χ0) is 10.7. The van der Waals surface area contributed by atoms with E-state index in [1.54, 1.807) is 0 Å². The maximum atomic E-state index is 10.1. The quantitative estimate of drug-likeness (QED) is 0.720. The Morgan fingerprint density at radius 3 is 2.47 bits per heavy atom. The number of aliphatic hydroxyl groups excluding tert-OH is 1. The lowest BCUT2D eigenvalue weighted by Gasteiger charge is -2.40. The van der Waals surface area contributed by atoms with Crippen LogP contribution in [0, 0.1) is 0 Å². The molecule has 2 fully saturated rings. The summed E-state index contributed by atoms with van der Waals surface area (Å²) < 4.78 is 0. The van der Waals surface area contributed by atoms with Gasteiger partial charge in [0.25, 0.3) is 0 Å². The first-order chi connectivity index (χ1) is 7.29. The molecule has 2 rings (SSSR count). The molecule has 0 bridgehead atoms. The molecular weight excluding hydrogens is 186 g/mol. The molecule has 1 saturated carbocycles. The summed E-state index contributed by atoms with van der Waals surface area (Å²) in [6, 6.07) is 1.15. The fourth-order valence-corrected chi connectivity index (χ4v) is 3.27. The average Bonchev–Trinajstić information content (AvgIpc) is 2.44. The van der Waals surface area contributed by atoms with Gasteiger partial charge < -0.3 is 5.11 Å². The summed E-state index contributed by atoms with van der Waals surface area (Å²) in [4.78, 5) is 2.59. The van der Waals surface area contributed by atoms with Gasteiger partial charge in [-0.1, -0.05) is 25.7 Å². The van der Waals surface area contributed by atoms with E-state index in [-0.39, 0.29) is 6.10 Å². The number of likely N-dealkylation sites (tertiary alicyclic amines) is 1. The summed E-state index contributed by atoms with van der Waals surface area (Å²) in [5.74, 6) is 0. The van der Waals surface area contributed by atoms with E-state index in [9.17, 15) is 5.11 Å². The second kappa shape index (κ2) is 5.31. The first kappa shape index (κ1) is 11.4. The van der Waals surface area contributed by atoms with Crippen molar-refractivity contribution in [2.45, 2.75) is 76.5 Å². The molecule has 3 unspecified atom stereocenters. The summed E-state index contributed by atoms with van der Waals surface area (Å²) >= 11 is 0. The van der Waals surface area contributed by atoms with Crippen LogP contribution in [-0.2, 0) is 0 Å². The molecule has 0 aromatic heterocycles. The fraction of sp³-hybridized carbons (Fsp3) is 1.00. The van der Waals surface area contributed by atoms with Gasteiger partial charge in [0, 0.05) is 12.1 Å². The zero-order valence-electron chi connectivity index (χ0n) is 9.99. The highest BCUT2D eigenvalue weighted by Crippen LogP contribution is 2.28. The predicted molar refractivity (Wildman–Crippen MR) is 62.9 cm³/mol. The summed E-state index contributed by atoms with van der Waals surface area (Å²) in [5, 5.41) is 10.1. The van der Waals surface area contributed by atoms with Crippen LogP contribution in [0.2, 0.25) is 0 Å². The molecule has 1 aliphatic carbocycles. The van der Waals surface area contributed by atoms with Crippen LogP contribution in [0.3, 0.4) is 0 Å². The molecule has 1 saturated heterocycles. The molecule has 0 amide bonds. The van der Waals surface area contributed by atoms with Gasteiger partial charge in [-0.3, -0.25) is 4.90 Å². The smallest absolute Gasteiger partial charge is 0.0695 e. The molecule has 2 heteroatoms. The third-order valence-electron chi connectivity index (χ3n) is 4.22. The van der Waals surface area contributed by atoms with Crippen molar-refractivity contribution in [3.63, 3.8) is 0 Å². The van der Waals surface area contributed by atoms with Gasteiger partial charge in [-0.05, 0) is 39.2 Å². The van der Waals surface area contributed by atoms with E-state index in [2.05, 4.69) is 11.8 Å². The highest BCUT2D eigenvalue weighted by Gasteiger charge is 2.31. The van der Waals surface area contributed by atoms with Crippen LogP contribution in [0.1, 0.15) is 58.3 Å². The molecule has 2 nitrogen and oxygen atoms in total. The lowest BCUT2D eigenvalue weighted by atomic mass is 9.90. The Kier molecular flexibility index (Phi) is 4.04. The largest absolute Gasteiger partial charge is 0.391 e. The zero-order valence-corrected chi connectivity index (χ0v) is 9.99. The topological polar surface area (TPSA) is 23.5 Å². The van der Waals surface area contributed by atoms with Crippen molar-refractivity contribution < 1.29 is 5.11 Å². The van der Waals surface area contributed by atoms with E-state index >= 15 is 0 Å². The molecule has 1 N–H and O–H groups in total. The van der Waals surface area contributed by atoms with Crippen molar-refractivity contribution >= 4 is 0 Å². The summed E-state index contributed by atoms with van der Waals surface area (Å²) in [6.45, 7) is 3.55. The molecule has 2 aliphatic rings. The normalized spacial score (nSPS) is 40.0. The van der Waals surface area contributed by atoms with E-state index in [1.165, 1.54) is 51.5 Å². The Morgan fingerprint density at radius 1 is 0.933 bits per heavy atom. The van der Waals surface area contributed by atoms with Gasteiger partial charge >= 0.3 is 0 Å². The van der Waals surface area contributed by atoms with Crippen molar-refractivity contribution in [2.24, 2.45) is 0 Å². The summed E-state index contributed by atoms with van der Waals surface area (Å²) in [7, 11) is 0. The van der Waals surface area contributed by atoms with Crippen LogP contribution in [0.4, 0.5) is 0 Å². The van der Waals surface area contributed by atoms with Crippen molar-refractivity contribution in [1.29, 1.82) is 0 Å². The molecule has 88 valence electrons. The van der Waals surface area contributed by atoms with E-state index in [1.807, 2.05) is 0 Å². The minimum Gasteiger partial charge on any atom is -0.391 e. The number of hydrogen-bond acceptors (Lipinski definition) is 2. The molecule has 0 aromatic rings. The highest BCUT2D eigenvalue weighted by atomic mass is 16.3. The Morgan fingerprint density at radius 2 is 1.67 bits per heavy atom. The summed E-state index contributed by atoms with van der Waals surface area (Å²) in [5.41, 5.74) is 0. The van der Waals surface area contributed by atoms with E-state index in [0.717, 1.165) is 6.42 Å². The molecule has 0 aromatic carbocycles. The van der Waals surface area contributed by atoms with Gasteiger partial charge in [0.2, 0.25) is 0 Å². The third kappa shape index (κ3) is 2.73. The number of nitrogens with zero attached hydrogens (tertiary/aromatic N) is 1. The van der Waals surface area contributed by atoms with Crippen molar-refractivity contribution in [2.75, 3.05) is 6.54 Å². The first-order valence-corrected chi connectivity index (χ1v) is 6.73. The molecule has 0 spiro atoms. The monoisotopic (exact) mass is 211 g/mol. The maximum absolute atomic E-state index is 10.1. The molecular formula is C13H25NO. The Bertz CT molecular complexity index is 195. The average molecular weight is 211 g/mol. The molecule has 0 radical (unpaired) electrons. The van der Waals surface area contributed by atoms with Crippen LogP contribution in [0.25, 0.3) is 0 Å². The first-order valence-electron chi connectivity index (χ1n) is 6.73. The van der Waals surface area contributed by atoms with E-state index in [0.29, 0.717) is 12.1 Å². The van der Waals surface area contributed by atoms with Gasteiger partial charge in [0.1, 0.15) is 0 Å². The number of aliphatic hydroxyl groups is 1. The van der Waals surface area contributed by atoms with Gasteiger partial charge in [-0.15, -0.1) is 0 Å². The number of hydrogen-bond donors (Lipinski definition) is 1. The van der Waals surface area contributed by atoms with Gasteiger partial charge in [0.15, 0.2) is 0 Å². The maximum Gasteiger partial charge on any atom is 0.0695 e. The minimum absolute atomic E-state index is 0.0562. The van der Waals surface area contributed by atoms with Gasteiger partial charge in [-0.2, -0.15) is 0 Å². The summed E-state index contributed by atoms with van der Waals surface area (Å²) in [6.07, 6.45) is 10.1. The van der Waals surface area contributed by atoms with Crippen molar-refractivity contribution in [1.82, 2.24) is 4.90 Å².